The number of rotatable bonds is 3. The molecule has 112 valence electrons. The average Bonchev–Trinajstić information content (AvgIpc) is 2.98. The minimum Gasteiger partial charge on any atom is -0.478 e. The summed E-state index contributed by atoms with van der Waals surface area (Å²) in [5.74, 6) is -0.950. The highest BCUT2D eigenvalue weighted by Gasteiger charge is 2.05. The molecule has 0 unspecified atom stereocenters. The molecule has 2 aromatic heterocycles. The van der Waals surface area contributed by atoms with Crippen molar-refractivity contribution < 1.29 is 9.90 Å². The van der Waals surface area contributed by atoms with E-state index in [1.54, 1.807) is 23.0 Å². The van der Waals surface area contributed by atoms with E-state index in [-0.39, 0.29) is 11.1 Å². The van der Waals surface area contributed by atoms with Crippen molar-refractivity contribution in [3.63, 3.8) is 0 Å². The number of aromatic carboxylic acids is 1. The van der Waals surface area contributed by atoms with Crippen LogP contribution in [0.15, 0.2) is 71.9 Å². The number of benzene rings is 1. The van der Waals surface area contributed by atoms with Crippen molar-refractivity contribution in [1.29, 1.82) is 0 Å². The van der Waals surface area contributed by atoms with Gasteiger partial charge in [-0.05, 0) is 11.6 Å². The number of H-pyrrole nitrogens is 1. The van der Waals surface area contributed by atoms with Crippen LogP contribution in [-0.2, 0) is 6.54 Å². The van der Waals surface area contributed by atoms with E-state index in [0.29, 0.717) is 6.54 Å². The first-order valence-electron chi connectivity index (χ1n) is 6.58. The van der Waals surface area contributed by atoms with Crippen molar-refractivity contribution in [2.24, 2.45) is 0 Å². The fourth-order valence-electron chi connectivity index (χ4n) is 1.71. The molecule has 0 amide bonds. The molecule has 6 heteroatoms. The molecule has 2 N–H and O–H groups in total. The van der Waals surface area contributed by atoms with Crippen molar-refractivity contribution >= 4 is 5.97 Å². The largest absolute Gasteiger partial charge is 0.478 e. The molecule has 1 aromatic carbocycles. The van der Waals surface area contributed by atoms with Crippen LogP contribution in [0.25, 0.3) is 0 Å². The Hall–Kier alpha value is -3.15. The summed E-state index contributed by atoms with van der Waals surface area (Å²) in [4.78, 5) is 23.3. The third-order valence-electron chi connectivity index (χ3n) is 2.75. The summed E-state index contributed by atoms with van der Waals surface area (Å²) in [5, 5.41) is 12.7. The maximum absolute atomic E-state index is 10.6. The lowest BCUT2D eigenvalue weighted by molar-refractivity contribution is 0.0697. The smallest absolute Gasteiger partial charge is 0.338 e. The second-order valence-electron chi connectivity index (χ2n) is 4.44. The minimum atomic E-state index is -0.950. The Kier molecular flexibility index (Phi) is 5.25. The van der Waals surface area contributed by atoms with Crippen molar-refractivity contribution in [2.75, 3.05) is 0 Å². The molecule has 0 aliphatic rings. The number of carbonyl (C=O) groups is 1. The number of hydrogen-bond donors (Lipinski definition) is 2. The summed E-state index contributed by atoms with van der Waals surface area (Å²) in [5.41, 5.74) is 1.26. The van der Waals surface area contributed by atoms with E-state index in [4.69, 9.17) is 5.11 Å². The molecule has 3 rings (SSSR count). The Bertz CT molecular complexity index is 761. The summed E-state index contributed by atoms with van der Waals surface area (Å²) < 4.78 is 1.61. The Morgan fingerprint density at radius 3 is 2.36 bits per heavy atom. The molecular weight excluding hydrogens is 282 g/mol. The lowest BCUT2D eigenvalue weighted by atomic mass is 10.2. The lowest BCUT2D eigenvalue weighted by Crippen LogP contribution is -2.00. The van der Waals surface area contributed by atoms with Crippen molar-refractivity contribution in [1.82, 2.24) is 14.8 Å². The molecule has 0 saturated carbocycles. The second kappa shape index (κ2) is 7.58. The zero-order valence-corrected chi connectivity index (χ0v) is 11.7. The first kappa shape index (κ1) is 15.2. The quantitative estimate of drug-likeness (QED) is 0.774. The normalized spacial score (nSPS) is 9.64. The first-order chi connectivity index (χ1) is 10.6. The van der Waals surface area contributed by atoms with Gasteiger partial charge in [-0.15, -0.1) is 0 Å². The highest BCUT2D eigenvalue weighted by atomic mass is 16.4. The van der Waals surface area contributed by atoms with Crippen LogP contribution in [0.2, 0.25) is 0 Å². The number of aromatic nitrogens is 3. The molecule has 22 heavy (non-hydrogen) atoms. The van der Waals surface area contributed by atoms with Gasteiger partial charge >= 0.3 is 5.97 Å². The number of nitrogens with zero attached hydrogens (tertiary/aromatic N) is 2. The Balaban J connectivity index is 0.000000211. The van der Waals surface area contributed by atoms with Gasteiger partial charge in [-0.2, -0.15) is 5.10 Å². The number of nitrogens with one attached hydrogen (secondary N) is 1. The van der Waals surface area contributed by atoms with Gasteiger partial charge < -0.3 is 10.1 Å². The summed E-state index contributed by atoms with van der Waals surface area (Å²) in [7, 11) is 0. The number of carboxylic acid groups (broad SMARTS) is 1. The first-order valence-corrected chi connectivity index (χ1v) is 6.58. The molecule has 0 aliphatic carbocycles. The van der Waals surface area contributed by atoms with Crippen molar-refractivity contribution in [3.05, 3.63) is 88.6 Å². The van der Waals surface area contributed by atoms with Crippen LogP contribution >= 0.6 is 0 Å². The number of aromatic amines is 1. The number of hydrogen-bond acceptors (Lipinski definition) is 3. The van der Waals surface area contributed by atoms with Gasteiger partial charge in [0.15, 0.2) is 0 Å². The maximum atomic E-state index is 10.6. The van der Waals surface area contributed by atoms with E-state index in [9.17, 15) is 9.59 Å². The minimum absolute atomic E-state index is 0.0532. The van der Waals surface area contributed by atoms with Gasteiger partial charge in [-0.3, -0.25) is 9.48 Å². The number of carboxylic acids is 1. The molecule has 0 atom stereocenters. The number of pyridine rings is 1. The van der Waals surface area contributed by atoms with Gasteiger partial charge in [0.05, 0.1) is 18.3 Å². The molecule has 0 radical (unpaired) electrons. The zero-order valence-electron chi connectivity index (χ0n) is 11.7. The van der Waals surface area contributed by atoms with Gasteiger partial charge in [-0.25, -0.2) is 4.79 Å². The van der Waals surface area contributed by atoms with Crippen LogP contribution < -0.4 is 5.56 Å². The van der Waals surface area contributed by atoms with Gasteiger partial charge in [0.25, 0.3) is 0 Å². The van der Waals surface area contributed by atoms with Crippen LogP contribution in [-0.4, -0.2) is 25.8 Å². The molecule has 0 spiro atoms. The zero-order chi connectivity index (χ0) is 15.8. The van der Waals surface area contributed by atoms with Gasteiger partial charge in [0, 0.05) is 18.5 Å². The van der Waals surface area contributed by atoms with Crippen LogP contribution in [0.5, 0.6) is 0 Å². The Labute approximate surface area is 126 Å². The Morgan fingerprint density at radius 2 is 1.86 bits per heavy atom. The molecule has 0 saturated heterocycles. The van der Waals surface area contributed by atoms with Crippen molar-refractivity contribution in [3.8, 4) is 0 Å². The van der Waals surface area contributed by atoms with Crippen LogP contribution in [0.3, 0.4) is 0 Å². The summed E-state index contributed by atoms with van der Waals surface area (Å²) in [6, 6.07) is 14.7. The third-order valence-corrected chi connectivity index (χ3v) is 2.75. The van der Waals surface area contributed by atoms with E-state index in [2.05, 4.69) is 10.1 Å². The van der Waals surface area contributed by atoms with E-state index in [1.165, 1.54) is 18.5 Å². The highest BCUT2D eigenvalue weighted by molar-refractivity contribution is 5.86. The third kappa shape index (κ3) is 4.75. The van der Waals surface area contributed by atoms with E-state index >= 15 is 0 Å². The predicted molar refractivity (Wildman–Crippen MR) is 81.8 cm³/mol. The fraction of sp³-hybridized carbons (Fsp3) is 0.0625. The molecule has 0 bridgehead atoms. The topological polar surface area (TPSA) is 88.0 Å². The predicted octanol–water partition coefficient (Wildman–Crippen LogP) is 2.00. The van der Waals surface area contributed by atoms with Gasteiger partial charge in [0.2, 0.25) is 5.56 Å². The average molecular weight is 297 g/mol. The standard InChI is InChI=1S/C11H10N2O2.C5H5NO/c14-11(15)10-6-12-13(8-10)7-9-4-2-1-3-5-9;7-5-3-1-2-4-6-5/h1-6,8H,7H2,(H,14,15);1-4H,(H,6,7). The molecule has 3 aromatic rings. The molecule has 6 nitrogen and oxygen atoms in total. The van der Waals surface area contributed by atoms with E-state index in [1.807, 2.05) is 30.3 Å². The molecule has 2 heterocycles. The maximum Gasteiger partial charge on any atom is 0.338 e. The molecular formula is C16H15N3O3. The van der Waals surface area contributed by atoms with E-state index < -0.39 is 5.97 Å². The summed E-state index contributed by atoms with van der Waals surface area (Å²) in [6.45, 7) is 0.591. The van der Waals surface area contributed by atoms with E-state index in [0.717, 1.165) is 5.56 Å². The van der Waals surface area contributed by atoms with Gasteiger partial charge in [0.1, 0.15) is 0 Å². The Morgan fingerprint density at radius 1 is 1.14 bits per heavy atom. The lowest BCUT2D eigenvalue weighted by Gasteiger charge is -2.00. The monoisotopic (exact) mass is 297 g/mol. The molecule has 0 aliphatic heterocycles. The SMILES string of the molecule is O=C(O)c1cnn(Cc2ccccc2)c1.O=c1cccc[nH]1. The van der Waals surface area contributed by atoms with Crippen LogP contribution in [0.4, 0.5) is 0 Å². The summed E-state index contributed by atoms with van der Waals surface area (Å²) >= 11 is 0. The fourth-order valence-corrected chi connectivity index (χ4v) is 1.71. The van der Waals surface area contributed by atoms with Gasteiger partial charge in [-0.1, -0.05) is 36.4 Å². The second-order valence-corrected chi connectivity index (χ2v) is 4.44. The highest BCUT2D eigenvalue weighted by Crippen LogP contribution is 2.03. The summed E-state index contributed by atoms with van der Waals surface area (Å²) in [6.07, 6.45) is 4.48. The van der Waals surface area contributed by atoms with Crippen molar-refractivity contribution in [2.45, 2.75) is 6.54 Å². The van der Waals surface area contributed by atoms with Crippen LogP contribution in [0.1, 0.15) is 15.9 Å². The molecule has 0 fully saturated rings. The van der Waals surface area contributed by atoms with Crippen LogP contribution in [0, 0.1) is 0 Å².